The van der Waals surface area contributed by atoms with Crippen LogP contribution in [0.25, 0.3) is 0 Å². The predicted molar refractivity (Wildman–Crippen MR) is 86.9 cm³/mol. The summed E-state index contributed by atoms with van der Waals surface area (Å²) in [6.45, 7) is 6.29. The van der Waals surface area contributed by atoms with E-state index in [9.17, 15) is 4.79 Å². The molecule has 2 aliphatic rings. The number of likely N-dealkylation sites (N-methyl/N-ethyl adjacent to an activating group) is 1. The number of carbonyl (C=O) groups excluding carboxylic acids is 1. The summed E-state index contributed by atoms with van der Waals surface area (Å²) in [5.41, 5.74) is 5.40. The monoisotopic (exact) mass is 321 g/mol. The van der Waals surface area contributed by atoms with E-state index in [1.54, 1.807) is 0 Å². The molecule has 1 aromatic rings. The number of nitrogens with two attached hydrogens (primary N) is 1. The van der Waals surface area contributed by atoms with Gasteiger partial charge >= 0.3 is 0 Å². The van der Waals surface area contributed by atoms with Crippen LogP contribution < -0.4 is 5.73 Å². The lowest BCUT2D eigenvalue weighted by Gasteiger charge is -2.33. The van der Waals surface area contributed by atoms with Crippen LogP contribution >= 0.6 is 0 Å². The fourth-order valence-electron chi connectivity index (χ4n) is 3.29. The molecule has 0 unspecified atom stereocenters. The largest absolute Gasteiger partial charge is 0.464 e. The van der Waals surface area contributed by atoms with Gasteiger partial charge in [-0.05, 0) is 31.5 Å². The summed E-state index contributed by atoms with van der Waals surface area (Å²) in [4.78, 5) is 15.6. The molecule has 0 aromatic carbocycles. The lowest BCUT2D eigenvalue weighted by atomic mass is 10.2. The first-order valence-corrected chi connectivity index (χ1v) is 8.40. The Morgan fingerprint density at radius 1 is 1.48 bits per heavy atom. The van der Waals surface area contributed by atoms with Gasteiger partial charge in [0.1, 0.15) is 11.5 Å². The Hall–Kier alpha value is -1.37. The molecule has 23 heavy (non-hydrogen) atoms. The Bertz CT molecular complexity index is 545. The standard InChI is InChI=1S/C17H27N3O3/c1-12-7-15(12)16-4-3-13(23-16)9-20(11-17(18)21)10-14-8-19(2)5-6-22-14/h3-4,12,14-15H,5-11H2,1-2H3,(H2,18,21)/t12-,14+,15+/m1/s1. The van der Waals surface area contributed by atoms with Crippen LogP contribution in [0.2, 0.25) is 0 Å². The number of rotatable bonds is 7. The van der Waals surface area contributed by atoms with Gasteiger partial charge in [-0.2, -0.15) is 0 Å². The zero-order valence-corrected chi connectivity index (χ0v) is 14.0. The van der Waals surface area contributed by atoms with Crippen molar-refractivity contribution in [2.75, 3.05) is 39.8 Å². The van der Waals surface area contributed by atoms with Crippen LogP contribution in [-0.4, -0.2) is 61.6 Å². The minimum absolute atomic E-state index is 0.103. The van der Waals surface area contributed by atoms with Gasteiger partial charge in [0.15, 0.2) is 0 Å². The number of primary amides is 1. The van der Waals surface area contributed by atoms with Gasteiger partial charge in [-0.1, -0.05) is 6.92 Å². The van der Waals surface area contributed by atoms with Crippen LogP contribution in [-0.2, 0) is 16.1 Å². The van der Waals surface area contributed by atoms with Crippen molar-refractivity contribution in [3.05, 3.63) is 23.7 Å². The number of hydrogen-bond donors (Lipinski definition) is 1. The summed E-state index contributed by atoms with van der Waals surface area (Å²) in [6, 6.07) is 4.08. The average molecular weight is 321 g/mol. The van der Waals surface area contributed by atoms with Gasteiger partial charge in [0.05, 0.1) is 25.8 Å². The minimum atomic E-state index is -0.322. The normalized spacial score (nSPS) is 28.2. The molecular formula is C17H27N3O3. The highest BCUT2D eigenvalue weighted by atomic mass is 16.5. The second-order valence-electron chi connectivity index (χ2n) is 7.01. The van der Waals surface area contributed by atoms with Gasteiger partial charge < -0.3 is 19.8 Å². The molecular weight excluding hydrogens is 294 g/mol. The first kappa shape index (κ1) is 16.5. The zero-order valence-electron chi connectivity index (χ0n) is 14.0. The lowest BCUT2D eigenvalue weighted by molar-refractivity contribution is -0.120. The van der Waals surface area contributed by atoms with E-state index in [-0.39, 0.29) is 18.6 Å². The molecule has 1 saturated heterocycles. The van der Waals surface area contributed by atoms with Crippen molar-refractivity contribution in [2.24, 2.45) is 11.7 Å². The Morgan fingerprint density at radius 2 is 2.26 bits per heavy atom. The van der Waals surface area contributed by atoms with Crippen molar-refractivity contribution in [3.63, 3.8) is 0 Å². The van der Waals surface area contributed by atoms with Crippen molar-refractivity contribution in [1.82, 2.24) is 9.80 Å². The van der Waals surface area contributed by atoms with Crippen molar-refractivity contribution in [2.45, 2.75) is 31.9 Å². The molecule has 2 heterocycles. The fraction of sp³-hybridized carbons (Fsp3) is 0.706. The number of morpholine rings is 1. The van der Waals surface area contributed by atoms with E-state index in [0.717, 1.165) is 37.1 Å². The second-order valence-corrected chi connectivity index (χ2v) is 7.01. The summed E-state index contributed by atoms with van der Waals surface area (Å²) in [5.74, 6) is 2.94. The Labute approximate surface area is 137 Å². The van der Waals surface area contributed by atoms with Crippen molar-refractivity contribution < 1.29 is 13.9 Å². The van der Waals surface area contributed by atoms with Crippen molar-refractivity contribution in [1.29, 1.82) is 0 Å². The number of furan rings is 1. The molecule has 0 bridgehead atoms. The molecule has 1 saturated carbocycles. The smallest absolute Gasteiger partial charge is 0.231 e. The van der Waals surface area contributed by atoms with E-state index in [4.69, 9.17) is 14.9 Å². The molecule has 6 heteroatoms. The lowest BCUT2D eigenvalue weighted by Crippen LogP contribution is -2.47. The zero-order chi connectivity index (χ0) is 16.4. The van der Waals surface area contributed by atoms with Gasteiger partial charge in [0, 0.05) is 25.6 Å². The fourth-order valence-corrected chi connectivity index (χ4v) is 3.29. The maximum absolute atomic E-state index is 11.4. The van der Waals surface area contributed by atoms with E-state index in [1.165, 1.54) is 6.42 Å². The van der Waals surface area contributed by atoms with Gasteiger partial charge in [-0.25, -0.2) is 0 Å². The Morgan fingerprint density at radius 3 is 2.91 bits per heavy atom. The molecule has 3 atom stereocenters. The number of hydrogen-bond acceptors (Lipinski definition) is 5. The quantitative estimate of drug-likeness (QED) is 0.812. The number of nitrogens with zero attached hydrogens (tertiary/aromatic N) is 2. The highest BCUT2D eigenvalue weighted by Crippen LogP contribution is 2.47. The van der Waals surface area contributed by atoms with Gasteiger partial charge in [0.25, 0.3) is 0 Å². The number of amides is 1. The number of ether oxygens (including phenoxy) is 1. The minimum Gasteiger partial charge on any atom is -0.464 e. The van der Waals surface area contributed by atoms with Crippen LogP contribution in [0.3, 0.4) is 0 Å². The molecule has 0 radical (unpaired) electrons. The van der Waals surface area contributed by atoms with Crippen LogP contribution in [0, 0.1) is 5.92 Å². The van der Waals surface area contributed by atoms with Crippen molar-refractivity contribution in [3.8, 4) is 0 Å². The first-order chi connectivity index (χ1) is 11.0. The summed E-state index contributed by atoms with van der Waals surface area (Å²) >= 11 is 0. The Kier molecular flexibility index (Phi) is 5.04. The molecule has 2 fully saturated rings. The summed E-state index contributed by atoms with van der Waals surface area (Å²) < 4.78 is 11.8. The average Bonchev–Trinajstić information content (AvgIpc) is 3.02. The van der Waals surface area contributed by atoms with Gasteiger partial charge in [-0.3, -0.25) is 9.69 Å². The number of carbonyl (C=O) groups is 1. The van der Waals surface area contributed by atoms with Crippen LogP contribution in [0.4, 0.5) is 0 Å². The molecule has 1 aromatic heterocycles. The maximum atomic E-state index is 11.4. The SMILES string of the molecule is C[C@@H]1C[C@@H]1c1ccc(CN(CC(N)=O)C[C@@H]2CN(C)CCO2)o1. The van der Waals surface area contributed by atoms with Crippen LogP contribution in [0.15, 0.2) is 16.5 Å². The highest BCUT2D eigenvalue weighted by molar-refractivity contribution is 5.75. The molecule has 3 rings (SSSR count). The third kappa shape index (κ3) is 4.56. The third-order valence-electron chi connectivity index (χ3n) is 4.72. The molecule has 1 amide bonds. The van der Waals surface area contributed by atoms with E-state index in [0.29, 0.717) is 19.0 Å². The van der Waals surface area contributed by atoms with Crippen molar-refractivity contribution >= 4 is 5.91 Å². The molecule has 2 N–H and O–H groups in total. The molecule has 0 spiro atoms. The molecule has 1 aliphatic heterocycles. The predicted octanol–water partition coefficient (Wildman–Crippen LogP) is 1.02. The highest BCUT2D eigenvalue weighted by Gasteiger charge is 2.36. The molecule has 128 valence electrons. The van der Waals surface area contributed by atoms with E-state index >= 15 is 0 Å². The summed E-state index contributed by atoms with van der Waals surface area (Å²) in [5, 5.41) is 0. The maximum Gasteiger partial charge on any atom is 0.231 e. The van der Waals surface area contributed by atoms with E-state index in [1.807, 2.05) is 11.0 Å². The van der Waals surface area contributed by atoms with Crippen LogP contribution in [0.5, 0.6) is 0 Å². The van der Waals surface area contributed by atoms with E-state index in [2.05, 4.69) is 24.9 Å². The van der Waals surface area contributed by atoms with Crippen LogP contribution in [0.1, 0.15) is 30.8 Å². The topological polar surface area (TPSA) is 71.9 Å². The summed E-state index contributed by atoms with van der Waals surface area (Å²) in [7, 11) is 2.09. The van der Waals surface area contributed by atoms with Gasteiger partial charge in [0.2, 0.25) is 5.91 Å². The molecule has 6 nitrogen and oxygen atoms in total. The molecule has 1 aliphatic carbocycles. The van der Waals surface area contributed by atoms with E-state index < -0.39 is 0 Å². The van der Waals surface area contributed by atoms with Gasteiger partial charge in [-0.15, -0.1) is 0 Å². The third-order valence-corrected chi connectivity index (χ3v) is 4.72. The first-order valence-electron chi connectivity index (χ1n) is 8.40. The Balaban J connectivity index is 1.59. The summed E-state index contributed by atoms with van der Waals surface area (Å²) in [6.07, 6.45) is 1.31. The second kappa shape index (κ2) is 7.03.